The molecule has 5 heteroatoms. The number of esters is 2. The van der Waals surface area contributed by atoms with Gasteiger partial charge in [0.05, 0.1) is 11.5 Å². The highest BCUT2D eigenvalue weighted by Gasteiger charge is 2.59. The summed E-state index contributed by atoms with van der Waals surface area (Å²) in [7, 11) is 0. The Bertz CT molecular complexity index is 535. The average molecular weight is 308 g/mol. The number of carbonyl (C=O) groups excluding carboxylic acids is 2. The zero-order valence-corrected chi connectivity index (χ0v) is 13.5. The highest BCUT2D eigenvalue weighted by Crippen LogP contribution is 2.52. The standard InChI is InChI=1S/C17H24O5/c1-8-5-6-11-13(8)15-14(9(2)16(19)22-15)12(21-10(3)18)7-17(11,4)20/h5,9,11-15,20H,6-7H2,1-4H3/t9-,11+,12-,13-,14+,15-,17+/m0/s1. The Labute approximate surface area is 130 Å². The van der Waals surface area contributed by atoms with E-state index in [1.807, 2.05) is 13.8 Å². The van der Waals surface area contributed by atoms with E-state index in [0.29, 0.717) is 6.42 Å². The Morgan fingerprint density at radius 3 is 2.82 bits per heavy atom. The van der Waals surface area contributed by atoms with Crippen LogP contribution in [-0.4, -0.2) is 34.9 Å². The highest BCUT2D eigenvalue weighted by atomic mass is 16.6. The number of fused-ring (bicyclic) bond motifs is 3. The second-order valence-corrected chi connectivity index (χ2v) is 7.29. The summed E-state index contributed by atoms with van der Waals surface area (Å²) in [6.07, 6.45) is 2.44. The Hall–Kier alpha value is -1.36. The van der Waals surface area contributed by atoms with E-state index in [4.69, 9.17) is 9.47 Å². The molecule has 1 saturated heterocycles. The van der Waals surface area contributed by atoms with Crippen LogP contribution < -0.4 is 0 Å². The van der Waals surface area contributed by atoms with Gasteiger partial charge in [-0.3, -0.25) is 9.59 Å². The van der Waals surface area contributed by atoms with Crippen LogP contribution in [0.5, 0.6) is 0 Å². The van der Waals surface area contributed by atoms with Gasteiger partial charge in [-0.25, -0.2) is 0 Å². The van der Waals surface area contributed by atoms with Crippen molar-refractivity contribution in [3.63, 3.8) is 0 Å². The number of aliphatic hydroxyl groups is 1. The van der Waals surface area contributed by atoms with Crippen molar-refractivity contribution in [1.82, 2.24) is 0 Å². The summed E-state index contributed by atoms with van der Waals surface area (Å²) >= 11 is 0. The highest BCUT2D eigenvalue weighted by molar-refractivity contribution is 5.75. The molecule has 0 spiro atoms. The minimum absolute atomic E-state index is 0.00124. The van der Waals surface area contributed by atoms with E-state index in [9.17, 15) is 14.7 Å². The lowest BCUT2D eigenvalue weighted by Crippen LogP contribution is -2.40. The molecule has 0 aromatic rings. The van der Waals surface area contributed by atoms with E-state index in [-0.39, 0.29) is 41.7 Å². The van der Waals surface area contributed by atoms with Gasteiger partial charge in [0.1, 0.15) is 12.2 Å². The van der Waals surface area contributed by atoms with E-state index in [1.54, 1.807) is 6.92 Å². The first-order chi connectivity index (χ1) is 10.2. The molecule has 1 N–H and O–H groups in total. The predicted molar refractivity (Wildman–Crippen MR) is 78.7 cm³/mol. The fraction of sp³-hybridized carbons (Fsp3) is 0.765. The zero-order valence-electron chi connectivity index (χ0n) is 13.5. The van der Waals surface area contributed by atoms with Gasteiger partial charge in [0.2, 0.25) is 0 Å². The lowest BCUT2D eigenvalue weighted by molar-refractivity contribution is -0.154. The smallest absolute Gasteiger partial charge is 0.309 e. The Kier molecular flexibility index (Phi) is 3.59. The normalized spacial score (nSPS) is 47.1. The van der Waals surface area contributed by atoms with Gasteiger partial charge in [-0.05, 0) is 20.3 Å². The van der Waals surface area contributed by atoms with E-state index >= 15 is 0 Å². The van der Waals surface area contributed by atoms with Crippen LogP contribution >= 0.6 is 0 Å². The van der Waals surface area contributed by atoms with Gasteiger partial charge in [0.25, 0.3) is 0 Å². The molecule has 1 saturated carbocycles. The average Bonchev–Trinajstić information content (AvgIpc) is 2.87. The minimum Gasteiger partial charge on any atom is -0.462 e. The minimum atomic E-state index is -0.949. The van der Waals surface area contributed by atoms with Crippen LogP contribution in [-0.2, 0) is 19.1 Å². The lowest BCUT2D eigenvalue weighted by Gasteiger charge is -2.34. The predicted octanol–water partition coefficient (Wildman–Crippen LogP) is 1.83. The monoisotopic (exact) mass is 308 g/mol. The third-order valence-corrected chi connectivity index (χ3v) is 5.75. The van der Waals surface area contributed by atoms with Crippen molar-refractivity contribution >= 4 is 11.9 Å². The maximum Gasteiger partial charge on any atom is 0.309 e. The summed E-state index contributed by atoms with van der Waals surface area (Å²) in [5.74, 6) is -1.12. The molecule has 22 heavy (non-hydrogen) atoms. The third-order valence-electron chi connectivity index (χ3n) is 5.75. The summed E-state index contributed by atoms with van der Waals surface area (Å²) in [5, 5.41) is 11.0. The van der Waals surface area contributed by atoms with Crippen molar-refractivity contribution < 1.29 is 24.2 Å². The van der Waals surface area contributed by atoms with Crippen LogP contribution in [0.1, 0.15) is 40.5 Å². The van der Waals surface area contributed by atoms with Gasteiger partial charge in [-0.15, -0.1) is 0 Å². The first kappa shape index (κ1) is 15.5. The molecular formula is C17H24O5. The molecule has 2 aliphatic carbocycles. The molecule has 0 radical (unpaired) electrons. The molecule has 1 aliphatic heterocycles. The fourth-order valence-corrected chi connectivity index (χ4v) is 4.68. The van der Waals surface area contributed by atoms with E-state index in [2.05, 4.69) is 6.08 Å². The molecule has 0 amide bonds. The molecule has 3 rings (SSSR count). The number of rotatable bonds is 1. The van der Waals surface area contributed by atoms with Crippen molar-refractivity contribution in [2.45, 2.75) is 58.3 Å². The molecule has 2 fully saturated rings. The maximum atomic E-state index is 12.1. The van der Waals surface area contributed by atoms with Crippen LogP contribution in [0.4, 0.5) is 0 Å². The summed E-state index contributed by atoms with van der Waals surface area (Å²) in [5.41, 5.74) is 0.209. The molecule has 0 bridgehead atoms. The van der Waals surface area contributed by atoms with Gasteiger partial charge in [-0.2, -0.15) is 0 Å². The number of ether oxygens (including phenoxy) is 2. The van der Waals surface area contributed by atoms with Crippen molar-refractivity contribution in [3.05, 3.63) is 11.6 Å². The summed E-state index contributed by atoms with van der Waals surface area (Å²) in [6.45, 7) is 7.03. The van der Waals surface area contributed by atoms with Crippen LogP contribution in [0, 0.1) is 23.7 Å². The largest absolute Gasteiger partial charge is 0.462 e. The molecule has 0 aromatic carbocycles. The van der Waals surface area contributed by atoms with Gasteiger partial charge in [0, 0.05) is 31.1 Å². The van der Waals surface area contributed by atoms with Crippen molar-refractivity contribution in [2.24, 2.45) is 23.7 Å². The Morgan fingerprint density at radius 1 is 1.50 bits per heavy atom. The molecular weight excluding hydrogens is 284 g/mol. The second-order valence-electron chi connectivity index (χ2n) is 7.29. The Morgan fingerprint density at radius 2 is 2.18 bits per heavy atom. The lowest BCUT2D eigenvalue weighted by atomic mass is 9.76. The van der Waals surface area contributed by atoms with Gasteiger partial charge < -0.3 is 14.6 Å². The SMILES string of the molecule is CC(=O)O[C@H]1C[C@@](C)(O)[C@@H]2CC=C(C)[C@@H]2[C@@H]2OC(=O)[C@@H](C)[C@@H]21. The molecule has 0 aromatic heterocycles. The number of allylic oxidation sites excluding steroid dienone is 1. The number of hydrogen-bond donors (Lipinski definition) is 1. The summed E-state index contributed by atoms with van der Waals surface area (Å²) in [4.78, 5) is 23.6. The zero-order chi connectivity index (χ0) is 16.2. The third kappa shape index (κ3) is 2.26. The summed E-state index contributed by atoms with van der Waals surface area (Å²) < 4.78 is 11.2. The van der Waals surface area contributed by atoms with Crippen molar-refractivity contribution in [3.8, 4) is 0 Å². The van der Waals surface area contributed by atoms with Crippen molar-refractivity contribution in [2.75, 3.05) is 0 Å². The first-order valence-electron chi connectivity index (χ1n) is 7.99. The molecule has 0 unspecified atom stereocenters. The first-order valence-corrected chi connectivity index (χ1v) is 7.99. The van der Waals surface area contributed by atoms with Crippen LogP contribution in [0.3, 0.4) is 0 Å². The van der Waals surface area contributed by atoms with E-state index in [1.165, 1.54) is 6.92 Å². The van der Waals surface area contributed by atoms with Crippen molar-refractivity contribution in [1.29, 1.82) is 0 Å². The summed E-state index contributed by atoms with van der Waals surface area (Å²) in [6, 6.07) is 0. The number of hydrogen-bond acceptors (Lipinski definition) is 5. The number of carbonyl (C=O) groups is 2. The van der Waals surface area contributed by atoms with Gasteiger partial charge in [-0.1, -0.05) is 18.6 Å². The molecule has 3 aliphatic rings. The fourth-order valence-electron chi connectivity index (χ4n) is 4.68. The van der Waals surface area contributed by atoms with Crippen LogP contribution in [0.15, 0.2) is 11.6 Å². The molecule has 5 nitrogen and oxygen atoms in total. The van der Waals surface area contributed by atoms with Crippen LogP contribution in [0.2, 0.25) is 0 Å². The molecule has 1 heterocycles. The van der Waals surface area contributed by atoms with Gasteiger partial charge >= 0.3 is 11.9 Å². The topological polar surface area (TPSA) is 72.8 Å². The maximum absolute atomic E-state index is 12.1. The van der Waals surface area contributed by atoms with Crippen LogP contribution in [0.25, 0.3) is 0 Å². The van der Waals surface area contributed by atoms with E-state index < -0.39 is 11.7 Å². The quantitative estimate of drug-likeness (QED) is 0.591. The second kappa shape index (κ2) is 5.08. The van der Waals surface area contributed by atoms with Gasteiger partial charge in [0.15, 0.2) is 0 Å². The molecule has 7 atom stereocenters. The molecule has 122 valence electrons. The van der Waals surface area contributed by atoms with E-state index in [0.717, 1.165) is 12.0 Å². The Balaban J connectivity index is 2.03.